The average molecular weight is 805 g/mol. The van der Waals surface area contributed by atoms with E-state index in [9.17, 15) is 0 Å². The number of thiophene rings is 1. The first kappa shape index (κ1) is 35.0. The smallest absolute Gasteiger partial charge is 0.0730 e. The zero-order chi connectivity index (χ0) is 40.7. The van der Waals surface area contributed by atoms with E-state index in [1.807, 2.05) is 11.3 Å². The fraction of sp³-hybridized carbons (Fsp3) is 0. The Morgan fingerprint density at radius 1 is 0.274 bits per heavy atom. The minimum Gasteiger partial charge on any atom is -0.309 e. The Kier molecular flexibility index (Phi) is 7.81. The van der Waals surface area contributed by atoms with Crippen LogP contribution in [0.15, 0.2) is 218 Å². The lowest BCUT2D eigenvalue weighted by atomic mass is 9.91. The number of rotatable bonds is 5. The number of aromatic nitrogens is 2. The highest BCUT2D eigenvalue weighted by atomic mass is 32.1. The summed E-state index contributed by atoms with van der Waals surface area (Å²) in [5.41, 5.74) is 12.3. The van der Waals surface area contributed by atoms with Crippen LogP contribution in [0.25, 0.3) is 125 Å². The predicted molar refractivity (Wildman–Crippen MR) is 266 cm³/mol. The monoisotopic (exact) mass is 804 g/mol. The van der Waals surface area contributed by atoms with Gasteiger partial charge in [-0.05, 0) is 115 Å². The summed E-state index contributed by atoms with van der Waals surface area (Å²) in [6, 6.07) is 80.0. The molecule has 0 atom stereocenters. The van der Waals surface area contributed by atoms with Crippen molar-refractivity contribution in [3.05, 3.63) is 218 Å². The molecule has 0 aliphatic heterocycles. The van der Waals surface area contributed by atoms with E-state index in [4.69, 9.17) is 4.98 Å². The Hall–Kier alpha value is -7.85. The molecule has 3 aromatic heterocycles. The van der Waals surface area contributed by atoms with Crippen LogP contribution in [0.2, 0.25) is 0 Å². The SMILES string of the molecule is c1ccc(-c2ccc3c(c2)c2cc4c5cc(-c6ccc7sc8ccccc8c7c6)ccc5c5ccccc5c4cc2n3-c2cc(-c3ccccc3)nc(-c3ccccc3)c2)cc1. The van der Waals surface area contributed by atoms with Crippen molar-refractivity contribution in [2.75, 3.05) is 0 Å². The van der Waals surface area contributed by atoms with Crippen molar-refractivity contribution in [1.29, 1.82) is 0 Å². The van der Waals surface area contributed by atoms with E-state index in [0.29, 0.717) is 0 Å². The van der Waals surface area contributed by atoms with Gasteiger partial charge in [0.25, 0.3) is 0 Å². The molecular weight excluding hydrogens is 769 g/mol. The van der Waals surface area contributed by atoms with Crippen molar-refractivity contribution in [2.24, 2.45) is 0 Å². The van der Waals surface area contributed by atoms with Gasteiger partial charge in [-0.15, -0.1) is 11.3 Å². The molecule has 0 saturated carbocycles. The summed E-state index contributed by atoms with van der Waals surface area (Å²) in [6.45, 7) is 0. The van der Waals surface area contributed by atoms with Gasteiger partial charge in [-0.2, -0.15) is 0 Å². The number of benzene rings is 10. The molecule has 0 bridgehead atoms. The lowest BCUT2D eigenvalue weighted by Gasteiger charge is -2.15. The Morgan fingerprint density at radius 3 is 1.45 bits per heavy atom. The third-order valence-electron chi connectivity index (χ3n) is 12.7. The lowest BCUT2D eigenvalue weighted by Crippen LogP contribution is -1.98. The van der Waals surface area contributed by atoms with Crippen molar-refractivity contribution in [1.82, 2.24) is 9.55 Å². The van der Waals surface area contributed by atoms with Crippen LogP contribution in [0.5, 0.6) is 0 Å². The molecule has 0 saturated heterocycles. The van der Waals surface area contributed by atoms with Crippen molar-refractivity contribution < 1.29 is 0 Å². The number of hydrogen-bond acceptors (Lipinski definition) is 2. The maximum atomic E-state index is 5.27. The largest absolute Gasteiger partial charge is 0.309 e. The van der Waals surface area contributed by atoms with Gasteiger partial charge in [-0.25, -0.2) is 4.98 Å². The quantitative estimate of drug-likeness (QED) is 0.158. The van der Waals surface area contributed by atoms with Gasteiger partial charge in [0.1, 0.15) is 0 Å². The van der Waals surface area contributed by atoms with Gasteiger partial charge in [-0.3, -0.25) is 0 Å². The molecule has 0 amide bonds. The Bertz CT molecular complexity index is 3840. The standard InChI is InChI=1S/C59H36N2S/c1-4-14-37(15-5-1)40-25-28-56-51(31-40)52-35-49-48-30-41(42-26-29-59-53(32-42)47-22-12-13-23-58(47)62-59)24-27-46(48)44-20-10-11-21-45(44)50(49)36-57(52)61(56)43-33-54(38-16-6-2-7-17-38)60-55(34-43)39-18-8-3-9-19-39/h1-36H. The van der Waals surface area contributed by atoms with E-state index >= 15 is 0 Å². The van der Waals surface area contributed by atoms with Crippen LogP contribution in [0.3, 0.4) is 0 Å². The van der Waals surface area contributed by atoms with Gasteiger partial charge in [-0.1, -0.05) is 158 Å². The molecule has 2 nitrogen and oxygen atoms in total. The highest BCUT2D eigenvalue weighted by Gasteiger charge is 2.20. The summed E-state index contributed by atoms with van der Waals surface area (Å²) in [6.07, 6.45) is 0. The summed E-state index contributed by atoms with van der Waals surface area (Å²) < 4.78 is 5.12. The normalized spacial score (nSPS) is 11.9. The summed E-state index contributed by atoms with van der Waals surface area (Å²) in [5, 5.41) is 12.6. The molecule has 3 heteroatoms. The van der Waals surface area contributed by atoms with E-state index < -0.39 is 0 Å². The highest BCUT2D eigenvalue weighted by Crippen LogP contribution is 2.44. The van der Waals surface area contributed by atoms with E-state index in [1.165, 1.54) is 85.5 Å². The summed E-state index contributed by atoms with van der Waals surface area (Å²) >= 11 is 1.87. The van der Waals surface area contributed by atoms with Crippen LogP contribution in [-0.2, 0) is 0 Å². The number of pyridine rings is 1. The van der Waals surface area contributed by atoms with Crippen LogP contribution in [0.4, 0.5) is 0 Å². The number of nitrogens with zero attached hydrogens (tertiary/aromatic N) is 2. The molecule has 0 fully saturated rings. The molecule has 62 heavy (non-hydrogen) atoms. The molecule has 0 aliphatic rings. The van der Waals surface area contributed by atoms with Gasteiger partial charge in [0, 0.05) is 42.1 Å². The van der Waals surface area contributed by atoms with Gasteiger partial charge >= 0.3 is 0 Å². The topological polar surface area (TPSA) is 17.8 Å². The predicted octanol–water partition coefficient (Wildman–Crippen LogP) is 16.7. The zero-order valence-electron chi connectivity index (χ0n) is 33.6. The summed E-state index contributed by atoms with van der Waals surface area (Å²) in [5.74, 6) is 0. The third kappa shape index (κ3) is 5.52. The van der Waals surface area contributed by atoms with Gasteiger partial charge in [0.2, 0.25) is 0 Å². The zero-order valence-corrected chi connectivity index (χ0v) is 34.4. The Morgan fingerprint density at radius 2 is 0.742 bits per heavy atom. The minimum absolute atomic E-state index is 0.941. The Balaban J connectivity index is 1.12. The first-order valence-electron chi connectivity index (χ1n) is 21.2. The van der Waals surface area contributed by atoms with Gasteiger partial charge in [0.15, 0.2) is 0 Å². The molecule has 0 N–H and O–H groups in total. The second-order valence-corrected chi connectivity index (χ2v) is 17.4. The van der Waals surface area contributed by atoms with Crippen LogP contribution in [-0.4, -0.2) is 9.55 Å². The number of fused-ring (bicyclic) bond motifs is 12. The van der Waals surface area contributed by atoms with Crippen LogP contribution >= 0.6 is 11.3 Å². The second kappa shape index (κ2) is 13.9. The molecule has 3 heterocycles. The van der Waals surface area contributed by atoms with E-state index in [0.717, 1.165) is 39.2 Å². The van der Waals surface area contributed by atoms with Crippen LogP contribution < -0.4 is 0 Å². The molecule has 10 aromatic carbocycles. The van der Waals surface area contributed by atoms with Crippen LogP contribution in [0.1, 0.15) is 0 Å². The van der Waals surface area contributed by atoms with Crippen molar-refractivity contribution >= 4 is 85.6 Å². The first-order valence-corrected chi connectivity index (χ1v) is 22.0. The molecule has 0 aliphatic carbocycles. The fourth-order valence-electron chi connectivity index (χ4n) is 9.80. The lowest BCUT2D eigenvalue weighted by molar-refractivity contribution is 1.16. The molecular formula is C59H36N2S. The third-order valence-corrected chi connectivity index (χ3v) is 13.9. The van der Waals surface area contributed by atoms with E-state index in [2.05, 4.69) is 223 Å². The second-order valence-electron chi connectivity index (χ2n) is 16.3. The molecule has 0 radical (unpaired) electrons. The summed E-state index contributed by atoms with van der Waals surface area (Å²) in [7, 11) is 0. The van der Waals surface area contributed by atoms with Crippen molar-refractivity contribution in [3.8, 4) is 50.5 Å². The van der Waals surface area contributed by atoms with Gasteiger partial charge < -0.3 is 4.57 Å². The maximum Gasteiger partial charge on any atom is 0.0730 e. The average Bonchev–Trinajstić information content (AvgIpc) is 3.88. The molecule has 0 unspecified atom stereocenters. The minimum atomic E-state index is 0.941. The van der Waals surface area contributed by atoms with E-state index in [-0.39, 0.29) is 0 Å². The molecule has 288 valence electrons. The maximum absolute atomic E-state index is 5.27. The summed E-state index contributed by atoms with van der Waals surface area (Å²) in [4.78, 5) is 5.27. The van der Waals surface area contributed by atoms with Crippen LogP contribution in [0, 0.1) is 0 Å². The van der Waals surface area contributed by atoms with Gasteiger partial charge in [0.05, 0.1) is 28.1 Å². The molecule has 13 rings (SSSR count). The van der Waals surface area contributed by atoms with Crippen molar-refractivity contribution in [2.45, 2.75) is 0 Å². The molecule has 13 aromatic rings. The van der Waals surface area contributed by atoms with E-state index in [1.54, 1.807) is 0 Å². The fourth-order valence-corrected chi connectivity index (χ4v) is 10.9. The molecule has 0 spiro atoms. The highest BCUT2D eigenvalue weighted by molar-refractivity contribution is 7.25. The Labute approximate surface area is 362 Å². The first-order chi connectivity index (χ1) is 30.7. The van der Waals surface area contributed by atoms with Crippen molar-refractivity contribution in [3.63, 3.8) is 0 Å². The number of hydrogen-bond donors (Lipinski definition) is 0.